The minimum absolute atomic E-state index is 0.189. The zero-order chi connectivity index (χ0) is 18.0. The van der Waals surface area contributed by atoms with Crippen LogP contribution in [0.25, 0.3) is 11.3 Å². The third kappa shape index (κ3) is 3.89. The summed E-state index contributed by atoms with van der Waals surface area (Å²) in [6, 6.07) is 6.25. The lowest BCUT2D eigenvalue weighted by atomic mass is 9.88. The van der Waals surface area contributed by atoms with E-state index >= 15 is 0 Å². The Morgan fingerprint density at radius 1 is 1.24 bits per heavy atom. The number of aromatic nitrogens is 2. The molecule has 2 aromatic rings. The van der Waals surface area contributed by atoms with Gasteiger partial charge in [-0.1, -0.05) is 12.1 Å². The number of carbonyl (C=O) groups is 1. The van der Waals surface area contributed by atoms with E-state index < -0.39 is 15.7 Å². The smallest absolute Gasteiger partial charge is 0.227 e. The molecule has 0 aliphatic heterocycles. The molecule has 0 unspecified atom stereocenters. The molecule has 1 saturated carbocycles. The Kier molecular flexibility index (Phi) is 4.89. The number of aromatic amines is 1. The normalized spacial score (nSPS) is 21.0. The number of carbonyl (C=O) groups excluding carboxylic acids is 1. The van der Waals surface area contributed by atoms with Crippen molar-refractivity contribution in [2.75, 3.05) is 11.6 Å². The maximum atomic E-state index is 14.0. The predicted octanol–water partition coefficient (Wildman–Crippen LogP) is 2.76. The minimum atomic E-state index is -3.06. The van der Waals surface area contributed by atoms with Crippen LogP contribution in [0.3, 0.4) is 0 Å². The van der Waals surface area contributed by atoms with Crippen molar-refractivity contribution in [3.8, 4) is 11.3 Å². The summed E-state index contributed by atoms with van der Waals surface area (Å²) >= 11 is 0. The molecule has 2 N–H and O–H groups in total. The van der Waals surface area contributed by atoms with Crippen LogP contribution in [0.5, 0.6) is 0 Å². The number of H-pyrrole nitrogens is 1. The first-order valence-electron chi connectivity index (χ1n) is 8.14. The first-order chi connectivity index (χ1) is 11.9. The highest BCUT2D eigenvalue weighted by molar-refractivity contribution is 7.91. The summed E-state index contributed by atoms with van der Waals surface area (Å²) < 4.78 is 37.2. The van der Waals surface area contributed by atoms with Crippen LogP contribution in [0.1, 0.15) is 25.7 Å². The zero-order valence-corrected chi connectivity index (χ0v) is 14.6. The van der Waals surface area contributed by atoms with Gasteiger partial charge in [0.1, 0.15) is 15.7 Å². The molecular weight excluding hydrogens is 345 g/mol. The fourth-order valence-electron chi connectivity index (χ4n) is 3.24. The maximum absolute atomic E-state index is 14.0. The molecule has 0 radical (unpaired) electrons. The van der Waals surface area contributed by atoms with E-state index in [1.54, 1.807) is 18.2 Å². The van der Waals surface area contributed by atoms with E-state index in [4.69, 9.17) is 0 Å². The Morgan fingerprint density at radius 3 is 2.56 bits per heavy atom. The molecule has 0 bridgehead atoms. The lowest BCUT2D eigenvalue weighted by Gasteiger charge is -2.26. The predicted molar refractivity (Wildman–Crippen MR) is 93.2 cm³/mol. The fraction of sp³-hybridized carbons (Fsp3) is 0.412. The molecule has 8 heteroatoms. The van der Waals surface area contributed by atoms with Gasteiger partial charge in [-0.05, 0) is 37.8 Å². The van der Waals surface area contributed by atoms with Crippen molar-refractivity contribution >= 4 is 21.4 Å². The third-order valence-corrected chi connectivity index (χ3v) is 6.37. The number of nitrogens with one attached hydrogen (secondary N) is 2. The van der Waals surface area contributed by atoms with E-state index in [2.05, 4.69) is 15.5 Å². The van der Waals surface area contributed by atoms with Crippen LogP contribution >= 0.6 is 0 Å². The van der Waals surface area contributed by atoms with Crippen LogP contribution in [-0.2, 0) is 14.6 Å². The van der Waals surface area contributed by atoms with Crippen molar-refractivity contribution in [2.24, 2.45) is 5.92 Å². The standard InChI is InChI=1S/C17H20FN3O3S/c1-25(23,24)12-8-6-11(7-9-12)17(22)20-15-10-19-21-16(15)13-4-2-3-5-14(13)18/h2-5,10-12H,6-9H2,1H3,(H,19,21)(H,20,22). The molecule has 0 saturated heterocycles. The second kappa shape index (κ2) is 6.95. The quantitative estimate of drug-likeness (QED) is 0.871. The molecule has 1 aliphatic carbocycles. The number of halogens is 1. The molecule has 1 fully saturated rings. The summed E-state index contributed by atoms with van der Waals surface area (Å²) in [4.78, 5) is 12.5. The molecule has 0 spiro atoms. The highest BCUT2D eigenvalue weighted by Gasteiger charge is 2.31. The van der Waals surface area contributed by atoms with Crippen molar-refractivity contribution in [3.05, 3.63) is 36.3 Å². The van der Waals surface area contributed by atoms with Crippen LogP contribution in [0.2, 0.25) is 0 Å². The molecule has 0 atom stereocenters. The van der Waals surface area contributed by atoms with E-state index in [-0.39, 0.29) is 17.1 Å². The molecule has 1 amide bonds. The largest absolute Gasteiger partial charge is 0.323 e. The van der Waals surface area contributed by atoms with Crippen LogP contribution in [0.4, 0.5) is 10.1 Å². The van der Waals surface area contributed by atoms with Crippen molar-refractivity contribution in [1.82, 2.24) is 10.2 Å². The zero-order valence-electron chi connectivity index (χ0n) is 13.8. The fourth-order valence-corrected chi connectivity index (χ4v) is 4.37. The monoisotopic (exact) mass is 365 g/mol. The third-order valence-electron chi connectivity index (χ3n) is 4.69. The molecule has 1 aromatic carbocycles. The van der Waals surface area contributed by atoms with Crippen molar-refractivity contribution < 1.29 is 17.6 Å². The van der Waals surface area contributed by atoms with Gasteiger partial charge in [0.2, 0.25) is 5.91 Å². The molecule has 6 nitrogen and oxygen atoms in total. The summed E-state index contributed by atoms with van der Waals surface area (Å²) in [5.41, 5.74) is 1.16. The molecule has 25 heavy (non-hydrogen) atoms. The van der Waals surface area contributed by atoms with Gasteiger partial charge in [-0.15, -0.1) is 0 Å². The van der Waals surface area contributed by atoms with Gasteiger partial charge in [0, 0.05) is 17.7 Å². The van der Waals surface area contributed by atoms with E-state index in [0.717, 1.165) is 0 Å². The molecule has 1 aliphatic rings. The van der Waals surface area contributed by atoms with Gasteiger partial charge in [-0.25, -0.2) is 12.8 Å². The number of sulfone groups is 1. The maximum Gasteiger partial charge on any atom is 0.227 e. The van der Waals surface area contributed by atoms with Crippen LogP contribution in [0.15, 0.2) is 30.5 Å². The second-order valence-corrected chi connectivity index (χ2v) is 8.76. The number of amides is 1. The van der Waals surface area contributed by atoms with E-state index in [9.17, 15) is 17.6 Å². The first-order valence-corrected chi connectivity index (χ1v) is 10.1. The molecule has 134 valence electrons. The Balaban J connectivity index is 1.69. The van der Waals surface area contributed by atoms with Gasteiger partial charge in [-0.3, -0.25) is 9.89 Å². The number of nitrogens with zero attached hydrogens (tertiary/aromatic N) is 1. The van der Waals surface area contributed by atoms with E-state index in [1.165, 1.54) is 18.5 Å². The van der Waals surface area contributed by atoms with Gasteiger partial charge in [-0.2, -0.15) is 5.10 Å². The van der Waals surface area contributed by atoms with Gasteiger partial charge in [0.05, 0.1) is 22.8 Å². The Hall–Kier alpha value is -2.22. The second-order valence-electron chi connectivity index (χ2n) is 6.43. The summed E-state index contributed by atoms with van der Waals surface area (Å²) in [7, 11) is -3.06. The lowest BCUT2D eigenvalue weighted by molar-refractivity contribution is -0.120. The summed E-state index contributed by atoms with van der Waals surface area (Å²) in [5.74, 6) is -0.844. The summed E-state index contributed by atoms with van der Waals surface area (Å²) in [5, 5.41) is 9.04. The van der Waals surface area contributed by atoms with Crippen molar-refractivity contribution in [2.45, 2.75) is 30.9 Å². The Bertz CT molecular complexity index is 871. The average molecular weight is 365 g/mol. The van der Waals surface area contributed by atoms with Gasteiger partial charge in [0.15, 0.2) is 0 Å². The number of rotatable bonds is 4. The van der Waals surface area contributed by atoms with Crippen molar-refractivity contribution in [1.29, 1.82) is 0 Å². The number of hydrogen-bond donors (Lipinski definition) is 2. The highest BCUT2D eigenvalue weighted by Crippen LogP contribution is 2.31. The summed E-state index contributed by atoms with van der Waals surface area (Å²) in [6.07, 6.45) is 4.71. The lowest BCUT2D eigenvalue weighted by Crippen LogP contribution is -2.32. The van der Waals surface area contributed by atoms with E-state index in [0.29, 0.717) is 42.6 Å². The minimum Gasteiger partial charge on any atom is -0.323 e. The molecular formula is C17H20FN3O3S. The molecule has 3 rings (SSSR count). The topological polar surface area (TPSA) is 91.9 Å². The summed E-state index contributed by atoms with van der Waals surface area (Å²) in [6.45, 7) is 0. The van der Waals surface area contributed by atoms with Gasteiger partial charge < -0.3 is 5.32 Å². The number of anilines is 1. The van der Waals surface area contributed by atoms with Gasteiger partial charge in [0.25, 0.3) is 0 Å². The SMILES string of the molecule is CS(=O)(=O)C1CCC(C(=O)Nc2cn[nH]c2-c2ccccc2F)CC1. The van der Waals surface area contributed by atoms with Gasteiger partial charge >= 0.3 is 0 Å². The highest BCUT2D eigenvalue weighted by atomic mass is 32.2. The van der Waals surface area contributed by atoms with E-state index in [1.807, 2.05) is 0 Å². The molecule has 1 aromatic heterocycles. The van der Waals surface area contributed by atoms with Crippen molar-refractivity contribution in [3.63, 3.8) is 0 Å². The van der Waals surface area contributed by atoms with Crippen LogP contribution in [0, 0.1) is 11.7 Å². The average Bonchev–Trinajstić information content (AvgIpc) is 3.02. The first kappa shape index (κ1) is 17.6. The Labute approximate surface area is 145 Å². The Morgan fingerprint density at radius 2 is 1.92 bits per heavy atom. The van der Waals surface area contributed by atoms with Crippen LogP contribution < -0.4 is 5.32 Å². The molecule has 1 heterocycles. The number of hydrogen-bond acceptors (Lipinski definition) is 4. The number of benzene rings is 1. The van der Waals surface area contributed by atoms with Crippen LogP contribution in [-0.4, -0.2) is 36.0 Å².